The van der Waals surface area contributed by atoms with Crippen LogP contribution in [-0.2, 0) is 6.42 Å². The second kappa shape index (κ2) is 6.52. The summed E-state index contributed by atoms with van der Waals surface area (Å²) in [6.07, 6.45) is 5.07. The smallest absolute Gasteiger partial charge is 0.256 e. The second-order valence-electron chi connectivity index (χ2n) is 5.21. The quantitative estimate of drug-likeness (QED) is 0.772. The maximum absolute atomic E-state index is 12.6. The minimum Gasteiger partial charge on any atom is -0.493 e. The Morgan fingerprint density at radius 3 is 2.74 bits per heavy atom. The number of nitrogens with one attached hydrogen (secondary N) is 1. The molecular formula is C18H18N2O3. The molecule has 5 heteroatoms. The molecule has 0 spiro atoms. The Kier molecular flexibility index (Phi) is 4.28. The molecule has 0 aliphatic rings. The number of aromatic nitrogens is 1. The number of ether oxygens (including phenoxy) is 1. The van der Waals surface area contributed by atoms with E-state index in [1.807, 2.05) is 6.07 Å². The van der Waals surface area contributed by atoms with Crippen molar-refractivity contribution in [2.24, 2.45) is 0 Å². The number of methoxy groups -OCH3 is 1. The van der Waals surface area contributed by atoms with Gasteiger partial charge >= 0.3 is 0 Å². The number of aryl methyl sites for hydroxylation is 1. The fraction of sp³-hybridized carbons (Fsp3) is 0.222. The molecule has 0 unspecified atom stereocenters. The Morgan fingerprint density at radius 2 is 2.04 bits per heavy atom. The Bertz CT molecular complexity index is 825. The Hall–Kier alpha value is -2.82. The highest BCUT2D eigenvalue weighted by molar-refractivity contribution is 6.13. The van der Waals surface area contributed by atoms with Crippen LogP contribution in [0.15, 0.2) is 47.1 Å². The fourth-order valence-corrected chi connectivity index (χ4v) is 2.51. The van der Waals surface area contributed by atoms with Crippen LogP contribution in [0.1, 0.15) is 29.5 Å². The van der Waals surface area contributed by atoms with Gasteiger partial charge in [-0.2, -0.15) is 0 Å². The van der Waals surface area contributed by atoms with Crippen molar-refractivity contribution in [3.05, 3.63) is 54.0 Å². The van der Waals surface area contributed by atoms with Gasteiger partial charge < -0.3 is 14.5 Å². The van der Waals surface area contributed by atoms with Gasteiger partial charge in [0.25, 0.3) is 5.91 Å². The van der Waals surface area contributed by atoms with E-state index >= 15 is 0 Å². The number of nitrogens with zero attached hydrogens (tertiary/aromatic N) is 1. The third-order valence-electron chi connectivity index (χ3n) is 3.60. The van der Waals surface area contributed by atoms with Gasteiger partial charge in [-0.25, -0.2) is 0 Å². The molecule has 23 heavy (non-hydrogen) atoms. The van der Waals surface area contributed by atoms with Gasteiger partial charge in [-0.05, 0) is 36.8 Å². The number of carbonyl (C=O) groups excluding carboxylic acids is 1. The predicted octanol–water partition coefficient (Wildman–Crippen LogP) is 4.04. The molecule has 1 amide bonds. The summed E-state index contributed by atoms with van der Waals surface area (Å²) in [4.78, 5) is 16.5. The van der Waals surface area contributed by atoms with Crippen molar-refractivity contribution >= 4 is 22.6 Å². The van der Waals surface area contributed by atoms with E-state index in [-0.39, 0.29) is 5.91 Å². The first-order valence-corrected chi connectivity index (χ1v) is 7.53. The van der Waals surface area contributed by atoms with E-state index in [1.54, 1.807) is 43.8 Å². The van der Waals surface area contributed by atoms with Crippen LogP contribution in [0.5, 0.6) is 5.75 Å². The van der Waals surface area contributed by atoms with Crippen molar-refractivity contribution < 1.29 is 13.9 Å². The molecule has 3 aromatic rings. The van der Waals surface area contributed by atoms with Gasteiger partial charge in [0, 0.05) is 29.9 Å². The molecule has 2 heterocycles. The number of benzene rings is 1. The van der Waals surface area contributed by atoms with Crippen molar-refractivity contribution in [3.8, 4) is 5.75 Å². The summed E-state index contributed by atoms with van der Waals surface area (Å²) in [5.41, 5.74) is 1.87. The average Bonchev–Trinajstić information content (AvgIpc) is 2.98. The van der Waals surface area contributed by atoms with Crippen LogP contribution >= 0.6 is 0 Å². The third-order valence-corrected chi connectivity index (χ3v) is 3.60. The molecule has 0 saturated carbocycles. The van der Waals surface area contributed by atoms with Crippen LogP contribution in [0, 0.1) is 0 Å². The van der Waals surface area contributed by atoms with E-state index in [9.17, 15) is 4.79 Å². The molecule has 0 aliphatic carbocycles. The molecule has 1 N–H and O–H groups in total. The fourth-order valence-electron chi connectivity index (χ4n) is 2.51. The van der Waals surface area contributed by atoms with Crippen molar-refractivity contribution in [2.75, 3.05) is 12.4 Å². The van der Waals surface area contributed by atoms with E-state index in [0.29, 0.717) is 22.6 Å². The number of pyridine rings is 1. The van der Waals surface area contributed by atoms with Crippen molar-refractivity contribution in [2.45, 2.75) is 19.8 Å². The van der Waals surface area contributed by atoms with Gasteiger partial charge in [0.05, 0.1) is 12.7 Å². The highest BCUT2D eigenvalue weighted by Gasteiger charge is 2.17. The average molecular weight is 310 g/mol. The number of carbonyl (C=O) groups is 1. The molecule has 118 valence electrons. The lowest BCUT2D eigenvalue weighted by Gasteiger charge is -2.07. The van der Waals surface area contributed by atoms with Gasteiger partial charge in [0.15, 0.2) is 11.3 Å². The summed E-state index contributed by atoms with van der Waals surface area (Å²) in [5, 5.41) is 3.63. The highest BCUT2D eigenvalue weighted by Crippen LogP contribution is 2.32. The summed E-state index contributed by atoms with van der Waals surface area (Å²) in [6, 6.07) is 8.92. The predicted molar refractivity (Wildman–Crippen MR) is 89.0 cm³/mol. The SMILES string of the molecule is CCCc1cc2c(C(=O)Nc3ccncc3)ccc(OC)c2o1. The zero-order valence-corrected chi connectivity index (χ0v) is 13.1. The van der Waals surface area contributed by atoms with Crippen LogP contribution in [0.4, 0.5) is 5.69 Å². The Labute approximate surface area is 134 Å². The van der Waals surface area contributed by atoms with Crippen molar-refractivity contribution in [3.63, 3.8) is 0 Å². The van der Waals surface area contributed by atoms with Crippen LogP contribution < -0.4 is 10.1 Å². The summed E-state index contributed by atoms with van der Waals surface area (Å²) in [6.45, 7) is 2.08. The van der Waals surface area contributed by atoms with Gasteiger partial charge in [0.2, 0.25) is 0 Å². The van der Waals surface area contributed by atoms with Crippen LogP contribution in [-0.4, -0.2) is 18.0 Å². The normalized spacial score (nSPS) is 10.7. The monoisotopic (exact) mass is 310 g/mol. The number of hydrogen-bond donors (Lipinski definition) is 1. The van der Waals surface area contributed by atoms with Crippen molar-refractivity contribution in [1.82, 2.24) is 4.98 Å². The minimum atomic E-state index is -0.187. The zero-order chi connectivity index (χ0) is 16.2. The van der Waals surface area contributed by atoms with Gasteiger partial charge in [-0.15, -0.1) is 0 Å². The lowest BCUT2D eigenvalue weighted by atomic mass is 10.1. The first-order valence-electron chi connectivity index (χ1n) is 7.53. The van der Waals surface area contributed by atoms with E-state index in [1.165, 1.54) is 0 Å². The third kappa shape index (κ3) is 3.04. The maximum Gasteiger partial charge on any atom is 0.256 e. The van der Waals surface area contributed by atoms with Crippen LogP contribution in [0.25, 0.3) is 11.0 Å². The molecule has 0 bridgehead atoms. The lowest BCUT2D eigenvalue weighted by Crippen LogP contribution is -2.12. The molecule has 2 aromatic heterocycles. The number of furan rings is 1. The first-order chi connectivity index (χ1) is 11.2. The number of amides is 1. The topological polar surface area (TPSA) is 64.4 Å². The number of fused-ring (bicyclic) bond motifs is 1. The second-order valence-corrected chi connectivity index (χ2v) is 5.21. The maximum atomic E-state index is 12.6. The molecule has 5 nitrogen and oxygen atoms in total. The molecule has 0 saturated heterocycles. The molecule has 0 aliphatic heterocycles. The first kappa shape index (κ1) is 15.1. The molecule has 1 aromatic carbocycles. The summed E-state index contributed by atoms with van der Waals surface area (Å²) < 4.78 is 11.2. The summed E-state index contributed by atoms with van der Waals surface area (Å²) in [7, 11) is 1.59. The molecule has 0 fully saturated rings. The van der Waals surface area contributed by atoms with Crippen LogP contribution in [0.2, 0.25) is 0 Å². The van der Waals surface area contributed by atoms with E-state index < -0.39 is 0 Å². The Balaban J connectivity index is 2.01. The summed E-state index contributed by atoms with van der Waals surface area (Å²) in [5.74, 6) is 1.29. The van der Waals surface area contributed by atoms with Gasteiger partial charge in [-0.1, -0.05) is 6.92 Å². The lowest BCUT2D eigenvalue weighted by molar-refractivity contribution is 0.102. The molecule has 0 radical (unpaired) electrons. The molecule has 0 atom stereocenters. The number of hydrogen-bond acceptors (Lipinski definition) is 4. The van der Waals surface area contributed by atoms with Crippen molar-refractivity contribution in [1.29, 1.82) is 0 Å². The van der Waals surface area contributed by atoms with Crippen LogP contribution in [0.3, 0.4) is 0 Å². The highest BCUT2D eigenvalue weighted by atomic mass is 16.5. The Morgan fingerprint density at radius 1 is 1.26 bits per heavy atom. The van der Waals surface area contributed by atoms with E-state index in [4.69, 9.17) is 9.15 Å². The largest absolute Gasteiger partial charge is 0.493 e. The number of anilines is 1. The minimum absolute atomic E-state index is 0.187. The van der Waals surface area contributed by atoms with Gasteiger partial charge in [-0.3, -0.25) is 9.78 Å². The van der Waals surface area contributed by atoms with E-state index in [2.05, 4.69) is 17.2 Å². The summed E-state index contributed by atoms with van der Waals surface area (Å²) >= 11 is 0. The standard InChI is InChI=1S/C18H18N2O3/c1-3-4-13-11-15-14(5-6-16(22-2)17(15)23-13)18(21)20-12-7-9-19-10-8-12/h5-11H,3-4H2,1-2H3,(H,19,20,21). The molecule has 3 rings (SSSR count). The van der Waals surface area contributed by atoms with Gasteiger partial charge in [0.1, 0.15) is 5.76 Å². The molecular weight excluding hydrogens is 292 g/mol. The number of rotatable bonds is 5. The van der Waals surface area contributed by atoms with E-state index in [0.717, 1.165) is 24.0 Å². The zero-order valence-electron chi connectivity index (χ0n) is 13.1.